The Labute approximate surface area is 128 Å². The highest BCUT2D eigenvalue weighted by atomic mass is 16.7. The van der Waals surface area contributed by atoms with Gasteiger partial charge in [0.15, 0.2) is 0 Å². The zero-order chi connectivity index (χ0) is 14.9. The van der Waals surface area contributed by atoms with Crippen molar-refractivity contribution in [2.45, 2.75) is 70.2 Å². The van der Waals surface area contributed by atoms with Crippen LogP contribution in [0.4, 0.5) is 0 Å². The minimum atomic E-state index is -0.204. The Morgan fingerprint density at radius 1 is 1.10 bits per heavy atom. The molecule has 1 heterocycles. The SMILES string of the molecule is CC(ON1C(C)(C)COC12CCCCC2)c1ccccc1. The van der Waals surface area contributed by atoms with Crippen LogP contribution < -0.4 is 0 Å². The van der Waals surface area contributed by atoms with Crippen molar-refractivity contribution in [2.75, 3.05) is 6.61 Å². The molecule has 1 saturated carbocycles. The summed E-state index contributed by atoms with van der Waals surface area (Å²) in [6.45, 7) is 7.30. The van der Waals surface area contributed by atoms with E-state index in [0.29, 0.717) is 0 Å². The summed E-state index contributed by atoms with van der Waals surface area (Å²) in [7, 11) is 0. The average Bonchev–Trinajstić information content (AvgIpc) is 2.74. The van der Waals surface area contributed by atoms with Gasteiger partial charge < -0.3 is 4.74 Å². The fourth-order valence-corrected chi connectivity index (χ4v) is 3.61. The molecule has 1 spiro atoms. The molecule has 0 bridgehead atoms. The number of nitrogens with zero attached hydrogens (tertiary/aromatic N) is 1. The molecule has 0 N–H and O–H groups in total. The molecule has 3 rings (SSSR count). The highest BCUT2D eigenvalue weighted by Crippen LogP contribution is 2.45. The van der Waals surface area contributed by atoms with Crippen molar-refractivity contribution in [3.8, 4) is 0 Å². The van der Waals surface area contributed by atoms with Crippen LogP contribution in [0.3, 0.4) is 0 Å². The summed E-state index contributed by atoms with van der Waals surface area (Å²) in [6, 6.07) is 10.4. The zero-order valence-electron chi connectivity index (χ0n) is 13.5. The number of hydroxylamine groups is 2. The molecule has 3 nitrogen and oxygen atoms in total. The van der Waals surface area contributed by atoms with E-state index in [9.17, 15) is 0 Å². The molecule has 1 aromatic carbocycles. The van der Waals surface area contributed by atoms with Crippen LogP contribution in [0.1, 0.15) is 64.5 Å². The molecule has 1 saturated heterocycles. The molecule has 1 atom stereocenters. The Kier molecular flexibility index (Phi) is 4.08. The van der Waals surface area contributed by atoms with E-state index in [1.165, 1.54) is 24.8 Å². The summed E-state index contributed by atoms with van der Waals surface area (Å²) in [5, 5.41) is 2.18. The van der Waals surface area contributed by atoms with Crippen molar-refractivity contribution < 1.29 is 9.57 Å². The summed E-state index contributed by atoms with van der Waals surface area (Å²) >= 11 is 0. The van der Waals surface area contributed by atoms with E-state index in [2.05, 4.69) is 50.1 Å². The molecule has 1 unspecified atom stereocenters. The molecule has 1 aliphatic heterocycles. The van der Waals surface area contributed by atoms with Gasteiger partial charge in [-0.15, -0.1) is 5.06 Å². The molecule has 0 amide bonds. The number of ether oxygens (including phenoxy) is 1. The summed E-state index contributed by atoms with van der Waals surface area (Å²) < 4.78 is 6.25. The van der Waals surface area contributed by atoms with Gasteiger partial charge in [0.2, 0.25) is 0 Å². The fraction of sp³-hybridized carbons (Fsp3) is 0.667. The van der Waals surface area contributed by atoms with E-state index < -0.39 is 0 Å². The Morgan fingerprint density at radius 3 is 2.43 bits per heavy atom. The second-order valence-corrected chi connectivity index (χ2v) is 7.06. The maximum absolute atomic E-state index is 6.41. The van der Waals surface area contributed by atoms with Crippen molar-refractivity contribution in [3.05, 3.63) is 35.9 Å². The molecule has 0 radical (unpaired) electrons. The first kappa shape index (κ1) is 15.0. The molecule has 1 aromatic rings. The molecule has 2 aliphatic rings. The van der Waals surface area contributed by atoms with Gasteiger partial charge in [-0.25, -0.2) is 0 Å². The maximum Gasteiger partial charge on any atom is 0.144 e. The second kappa shape index (κ2) is 5.71. The van der Waals surface area contributed by atoms with Crippen molar-refractivity contribution in [1.29, 1.82) is 0 Å². The maximum atomic E-state index is 6.41. The van der Waals surface area contributed by atoms with Gasteiger partial charge >= 0.3 is 0 Å². The van der Waals surface area contributed by atoms with Crippen LogP contribution >= 0.6 is 0 Å². The lowest BCUT2D eigenvalue weighted by Crippen LogP contribution is -2.53. The quantitative estimate of drug-likeness (QED) is 0.820. The highest BCUT2D eigenvalue weighted by molar-refractivity contribution is 5.16. The lowest BCUT2D eigenvalue weighted by molar-refractivity contribution is -0.313. The molecular weight excluding hydrogens is 262 g/mol. The third-order valence-corrected chi connectivity index (χ3v) is 4.78. The molecule has 0 aromatic heterocycles. The van der Waals surface area contributed by atoms with Crippen molar-refractivity contribution in [3.63, 3.8) is 0 Å². The summed E-state index contributed by atoms with van der Waals surface area (Å²) in [5.41, 5.74) is 0.941. The van der Waals surface area contributed by atoms with Crippen molar-refractivity contribution >= 4 is 0 Å². The van der Waals surface area contributed by atoms with Crippen LogP contribution in [0.5, 0.6) is 0 Å². The van der Waals surface area contributed by atoms with Gasteiger partial charge in [0.1, 0.15) is 11.8 Å². The van der Waals surface area contributed by atoms with E-state index in [1.54, 1.807) is 0 Å². The molecule has 3 heteroatoms. The van der Waals surface area contributed by atoms with Gasteiger partial charge in [-0.3, -0.25) is 4.84 Å². The largest absolute Gasteiger partial charge is 0.356 e. The number of rotatable bonds is 3. The highest BCUT2D eigenvalue weighted by Gasteiger charge is 2.53. The molecule has 2 fully saturated rings. The van der Waals surface area contributed by atoms with Crippen molar-refractivity contribution in [2.24, 2.45) is 0 Å². The van der Waals surface area contributed by atoms with Gasteiger partial charge in [0.05, 0.1) is 12.1 Å². The van der Waals surface area contributed by atoms with Crippen molar-refractivity contribution in [1.82, 2.24) is 5.06 Å². The van der Waals surface area contributed by atoms with Gasteiger partial charge in [0.25, 0.3) is 0 Å². The Morgan fingerprint density at radius 2 is 1.76 bits per heavy atom. The van der Waals surface area contributed by atoms with Crippen LogP contribution in [0.25, 0.3) is 0 Å². The van der Waals surface area contributed by atoms with E-state index in [1.807, 2.05) is 6.07 Å². The van der Waals surface area contributed by atoms with Crippen LogP contribution in [-0.2, 0) is 9.57 Å². The van der Waals surface area contributed by atoms with Crippen LogP contribution in [0.2, 0.25) is 0 Å². The Hall–Kier alpha value is -0.900. The first-order chi connectivity index (χ1) is 10.0. The average molecular weight is 289 g/mol. The molecular formula is C18H27NO2. The summed E-state index contributed by atoms with van der Waals surface area (Å²) in [4.78, 5) is 6.41. The van der Waals surface area contributed by atoms with Gasteiger partial charge in [-0.2, -0.15) is 0 Å². The second-order valence-electron chi connectivity index (χ2n) is 7.06. The first-order valence-electron chi connectivity index (χ1n) is 8.20. The topological polar surface area (TPSA) is 21.7 Å². The fourth-order valence-electron chi connectivity index (χ4n) is 3.61. The van der Waals surface area contributed by atoms with E-state index >= 15 is 0 Å². The smallest absolute Gasteiger partial charge is 0.144 e. The monoisotopic (exact) mass is 289 g/mol. The molecule has 116 valence electrons. The van der Waals surface area contributed by atoms with Crippen LogP contribution in [-0.4, -0.2) is 22.9 Å². The van der Waals surface area contributed by atoms with Gasteiger partial charge in [-0.1, -0.05) is 36.8 Å². The van der Waals surface area contributed by atoms with Gasteiger partial charge in [-0.05, 0) is 52.0 Å². The van der Waals surface area contributed by atoms with Crippen LogP contribution in [0, 0.1) is 0 Å². The third-order valence-electron chi connectivity index (χ3n) is 4.78. The number of hydrogen-bond acceptors (Lipinski definition) is 3. The first-order valence-corrected chi connectivity index (χ1v) is 8.20. The van der Waals surface area contributed by atoms with Crippen LogP contribution in [0.15, 0.2) is 30.3 Å². The summed E-state index contributed by atoms with van der Waals surface area (Å²) in [5.74, 6) is 0. The summed E-state index contributed by atoms with van der Waals surface area (Å²) in [6.07, 6.45) is 5.99. The normalized spacial score (nSPS) is 26.0. The minimum Gasteiger partial charge on any atom is -0.356 e. The molecule has 1 aliphatic carbocycles. The lowest BCUT2D eigenvalue weighted by atomic mass is 9.90. The minimum absolute atomic E-state index is 0.0472. The lowest BCUT2D eigenvalue weighted by Gasteiger charge is -2.44. The molecule has 21 heavy (non-hydrogen) atoms. The number of hydrogen-bond donors (Lipinski definition) is 0. The Bertz CT molecular complexity index is 465. The van der Waals surface area contributed by atoms with E-state index in [4.69, 9.17) is 9.57 Å². The van der Waals surface area contributed by atoms with E-state index in [-0.39, 0.29) is 17.4 Å². The van der Waals surface area contributed by atoms with E-state index in [0.717, 1.165) is 19.4 Å². The Balaban J connectivity index is 1.80. The predicted octanol–water partition coefficient (Wildman–Crippen LogP) is 4.45. The standard InChI is InChI=1S/C18H27NO2/c1-15(16-10-6-4-7-11-16)21-19-17(2,3)14-20-18(19)12-8-5-9-13-18/h4,6-7,10-11,15H,5,8-9,12-14H2,1-3H3. The third kappa shape index (κ3) is 2.87. The predicted molar refractivity (Wildman–Crippen MR) is 83.6 cm³/mol. The zero-order valence-corrected chi connectivity index (χ0v) is 13.5. The van der Waals surface area contributed by atoms with Gasteiger partial charge in [0, 0.05) is 0 Å². The number of benzene rings is 1.